The second-order valence-electron chi connectivity index (χ2n) is 2.46. The van der Waals surface area contributed by atoms with E-state index in [2.05, 4.69) is 0 Å². The lowest BCUT2D eigenvalue weighted by Gasteiger charge is -2.07. The van der Waals surface area contributed by atoms with E-state index in [9.17, 15) is 13.6 Å². The molecule has 0 amide bonds. The molecule has 1 unspecified atom stereocenters. The molecule has 0 radical (unpaired) electrons. The topological polar surface area (TPSA) is 17.1 Å². The van der Waals surface area contributed by atoms with Crippen molar-refractivity contribution in [2.75, 3.05) is 0 Å². The smallest absolute Gasteiger partial charge is 0.287 e. The normalized spacial score (nSPS) is 11.4. The zero-order valence-electron chi connectivity index (χ0n) is 6.43. The van der Waals surface area contributed by atoms with Crippen molar-refractivity contribution in [3.63, 3.8) is 0 Å². The van der Waals surface area contributed by atoms with E-state index in [-0.39, 0.29) is 5.56 Å². The highest BCUT2D eigenvalue weighted by Crippen LogP contribution is 2.27. The van der Waals surface area contributed by atoms with Crippen LogP contribution >= 0.6 is 20.8 Å². The van der Waals surface area contributed by atoms with Crippen molar-refractivity contribution in [3.8, 4) is 0 Å². The summed E-state index contributed by atoms with van der Waals surface area (Å²) in [5.41, 5.74) is -3.46. The van der Waals surface area contributed by atoms with Crippen molar-refractivity contribution in [3.05, 3.63) is 34.9 Å². The number of halogens is 3. The lowest BCUT2D eigenvalue weighted by atomic mass is 10.1. The van der Waals surface area contributed by atoms with Crippen molar-refractivity contribution >= 4 is 26.6 Å². The molecular weight excluding hydrogens is 217 g/mol. The molecule has 13 heavy (non-hydrogen) atoms. The van der Waals surface area contributed by atoms with Crippen molar-refractivity contribution in [1.82, 2.24) is 0 Å². The third-order valence-corrected chi connectivity index (χ3v) is 1.92. The van der Waals surface area contributed by atoms with Crippen molar-refractivity contribution in [2.45, 2.75) is 5.66 Å². The maximum Gasteiger partial charge on any atom is 0.320 e. The summed E-state index contributed by atoms with van der Waals surface area (Å²) in [6.07, 6.45) is 0. The Bertz CT molecular complexity index is 318. The van der Waals surface area contributed by atoms with Gasteiger partial charge in [-0.25, -0.2) is 0 Å². The van der Waals surface area contributed by atoms with E-state index in [0.29, 0.717) is 5.02 Å². The van der Waals surface area contributed by atoms with Crippen LogP contribution in [-0.2, 0) is 0 Å². The molecule has 70 valence electrons. The Balaban J connectivity index is 2.97. The summed E-state index contributed by atoms with van der Waals surface area (Å²) in [6, 6.07) is 5.32. The van der Waals surface area contributed by atoms with Crippen molar-refractivity contribution in [2.24, 2.45) is 0 Å². The highest BCUT2D eigenvalue weighted by atomic mass is 35.5. The Hall–Kier alpha value is -0.530. The molecular formula is C8H6ClF2OP. The van der Waals surface area contributed by atoms with E-state index in [1.165, 1.54) is 33.5 Å². The first kappa shape index (κ1) is 10.6. The van der Waals surface area contributed by atoms with Gasteiger partial charge in [-0.15, -0.1) is 0 Å². The molecule has 0 fully saturated rings. The van der Waals surface area contributed by atoms with Gasteiger partial charge < -0.3 is 0 Å². The second-order valence-corrected chi connectivity index (χ2v) is 3.62. The van der Waals surface area contributed by atoms with Crippen molar-refractivity contribution < 1.29 is 13.6 Å². The largest absolute Gasteiger partial charge is 0.320 e. The SMILES string of the molecule is O=C(c1ccc(Cl)cc1)C(F)(F)P. The fourth-order valence-corrected chi connectivity index (χ4v) is 1.09. The Morgan fingerprint density at radius 2 is 1.77 bits per heavy atom. The molecule has 1 aromatic carbocycles. The van der Waals surface area contributed by atoms with Gasteiger partial charge in [0.1, 0.15) is 0 Å². The maximum absolute atomic E-state index is 12.5. The van der Waals surface area contributed by atoms with Crippen LogP contribution in [0.25, 0.3) is 0 Å². The molecule has 1 atom stereocenters. The Labute approximate surface area is 81.3 Å². The van der Waals surface area contributed by atoms with Crippen LogP contribution < -0.4 is 0 Å². The first-order valence-corrected chi connectivity index (χ1v) is 4.34. The molecule has 0 aliphatic carbocycles. The summed E-state index contributed by atoms with van der Waals surface area (Å²) in [7, 11) is 1.20. The molecule has 0 heterocycles. The first-order valence-electron chi connectivity index (χ1n) is 3.38. The molecule has 0 N–H and O–H groups in total. The van der Waals surface area contributed by atoms with Crippen LogP contribution in [0.1, 0.15) is 10.4 Å². The molecule has 5 heteroatoms. The highest BCUT2D eigenvalue weighted by Gasteiger charge is 2.33. The first-order chi connectivity index (χ1) is 5.91. The van der Waals surface area contributed by atoms with Gasteiger partial charge in [-0.05, 0) is 24.3 Å². The predicted molar refractivity (Wildman–Crippen MR) is 50.4 cm³/mol. The van der Waals surface area contributed by atoms with Crippen LogP contribution in [0.3, 0.4) is 0 Å². The number of hydrogen-bond acceptors (Lipinski definition) is 1. The number of benzene rings is 1. The van der Waals surface area contributed by atoms with E-state index < -0.39 is 11.4 Å². The van der Waals surface area contributed by atoms with Gasteiger partial charge in [0.2, 0.25) is 5.78 Å². The van der Waals surface area contributed by atoms with E-state index >= 15 is 0 Å². The quantitative estimate of drug-likeness (QED) is 0.555. The van der Waals surface area contributed by atoms with Gasteiger partial charge in [0, 0.05) is 10.6 Å². The molecule has 0 aromatic heterocycles. The van der Waals surface area contributed by atoms with Crippen LogP contribution in [0.15, 0.2) is 24.3 Å². The van der Waals surface area contributed by atoms with E-state index in [1.807, 2.05) is 0 Å². The summed E-state index contributed by atoms with van der Waals surface area (Å²) >= 11 is 5.53. The number of carbonyl (C=O) groups excluding carboxylic acids is 1. The fraction of sp³-hybridized carbons (Fsp3) is 0.125. The molecule has 0 spiro atoms. The second kappa shape index (κ2) is 3.69. The molecule has 1 aromatic rings. The average molecular weight is 223 g/mol. The third-order valence-electron chi connectivity index (χ3n) is 1.41. The molecule has 0 bridgehead atoms. The zero-order valence-corrected chi connectivity index (χ0v) is 8.34. The lowest BCUT2D eigenvalue weighted by molar-refractivity contribution is 0.0562. The minimum atomic E-state index is -3.41. The van der Waals surface area contributed by atoms with Gasteiger partial charge in [0.25, 0.3) is 0 Å². The minimum Gasteiger partial charge on any atom is -0.287 e. The third kappa shape index (κ3) is 2.71. The Morgan fingerprint density at radius 3 is 2.15 bits per heavy atom. The van der Waals surface area contributed by atoms with E-state index in [1.54, 1.807) is 0 Å². The number of carbonyl (C=O) groups is 1. The predicted octanol–water partition coefficient (Wildman–Crippen LogP) is 2.99. The maximum atomic E-state index is 12.5. The Morgan fingerprint density at radius 1 is 1.31 bits per heavy atom. The number of ketones is 1. The summed E-state index contributed by atoms with van der Waals surface area (Å²) in [4.78, 5) is 11.0. The van der Waals surface area contributed by atoms with Gasteiger partial charge in [-0.1, -0.05) is 20.8 Å². The van der Waals surface area contributed by atoms with Crippen LogP contribution in [0.4, 0.5) is 8.78 Å². The lowest BCUT2D eigenvalue weighted by Crippen LogP contribution is -2.20. The van der Waals surface area contributed by atoms with Crippen molar-refractivity contribution in [1.29, 1.82) is 0 Å². The summed E-state index contributed by atoms with van der Waals surface area (Å²) in [5, 5.41) is 0.406. The van der Waals surface area contributed by atoms with Crippen LogP contribution in [0, 0.1) is 0 Å². The standard InChI is InChI=1S/C8H6ClF2OP/c9-6-3-1-5(2-4-6)7(12)8(10,11)13/h1-4H,13H2. The summed E-state index contributed by atoms with van der Waals surface area (Å²) < 4.78 is 25.0. The van der Waals surface area contributed by atoms with Gasteiger partial charge >= 0.3 is 5.66 Å². The fourth-order valence-electron chi connectivity index (χ4n) is 0.794. The zero-order chi connectivity index (χ0) is 10.1. The summed E-state index contributed by atoms with van der Waals surface area (Å²) in [5.74, 6) is -1.23. The van der Waals surface area contributed by atoms with Gasteiger partial charge in [-0.3, -0.25) is 4.79 Å². The molecule has 0 saturated carbocycles. The molecule has 1 nitrogen and oxygen atoms in total. The van der Waals surface area contributed by atoms with Gasteiger partial charge in [0.05, 0.1) is 0 Å². The highest BCUT2D eigenvalue weighted by molar-refractivity contribution is 7.20. The molecule has 0 aliphatic heterocycles. The number of alkyl halides is 2. The monoisotopic (exact) mass is 222 g/mol. The number of Topliss-reactive ketones (excluding diaryl/α,β-unsaturated/α-hetero) is 1. The van der Waals surface area contributed by atoms with Gasteiger partial charge in [0.15, 0.2) is 0 Å². The van der Waals surface area contributed by atoms with E-state index in [0.717, 1.165) is 0 Å². The average Bonchev–Trinajstić information content (AvgIpc) is 2.03. The number of hydrogen-bond donors (Lipinski definition) is 0. The van der Waals surface area contributed by atoms with Crippen LogP contribution in [-0.4, -0.2) is 11.4 Å². The Kier molecular flexibility index (Phi) is 2.99. The minimum absolute atomic E-state index is 0.0515. The summed E-state index contributed by atoms with van der Waals surface area (Å²) in [6.45, 7) is 0. The molecule has 0 saturated heterocycles. The van der Waals surface area contributed by atoms with Gasteiger partial charge in [-0.2, -0.15) is 8.78 Å². The molecule has 0 aliphatic rings. The van der Waals surface area contributed by atoms with Crippen LogP contribution in [0.5, 0.6) is 0 Å². The molecule has 1 rings (SSSR count). The van der Waals surface area contributed by atoms with E-state index in [4.69, 9.17) is 11.6 Å². The number of rotatable bonds is 2. The van der Waals surface area contributed by atoms with Crippen LogP contribution in [0.2, 0.25) is 5.02 Å².